The van der Waals surface area contributed by atoms with Crippen LogP contribution in [0.2, 0.25) is 0 Å². The van der Waals surface area contributed by atoms with E-state index in [1.165, 1.54) is 27.0 Å². The fourth-order valence-corrected chi connectivity index (χ4v) is 3.66. The van der Waals surface area contributed by atoms with Crippen molar-refractivity contribution in [3.63, 3.8) is 0 Å². The van der Waals surface area contributed by atoms with Gasteiger partial charge in [-0.15, -0.1) is 0 Å². The molecule has 0 unspecified atom stereocenters. The molecule has 0 atom stereocenters. The highest BCUT2D eigenvalue weighted by molar-refractivity contribution is 5.85. The number of carbonyl (C=O) groups is 1. The van der Waals surface area contributed by atoms with E-state index in [2.05, 4.69) is 47.4 Å². The average Bonchev–Trinajstić information content (AvgIpc) is 2.70. The lowest BCUT2D eigenvalue weighted by molar-refractivity contribution is -0.133. The average molecular weight is 361 g/mol. The van der Waals surface area contributed by atoms with Crippen molar-refractivity contribution in [3.05, 3.63) is 82.8 Å². The van der Waals surface area contributed by atoms with Crippen molar-refractivity contribution in [1.82, 2.24) is 14.4 Å². The molecule has 0 bridgehead atoms. The molecule has 5 heteroatoms. The summed E-state index contributed by atoms with van der Waals surface area (Å²) in [5, 5.41) is 2.55. The molecule has 2 aromatic carbocycles. The first-order valence-electron chi connectivity index (χ1n) is 9.33. The molecule has 5 nitrogen and oxygen atoms in total. The maximum Gasteiger partial charge on any atom is 0.250 e. The first-order valence-corrected chi connectivity index (χ1v) is 9.33. The number of hydrogen-bond acceptors (Lipinski definition) is 3. The predicted molar refractivity (Wildman–Crippen MR) is 107 cm³/mol. The van der Waals surface area contributed by atoms with Gasteiger partial charge in [0.25, 0.3) is 5.56 Å². The van der Waals surface area contributed by atoms with E-state index in [0.29, 0.717) is 13.1 Å². The summed E-state index contributed by atoms with van der Waals surface area (Å²) in [5.41, 5.74) is 1.18. The lowest BCUT2D eigenvalue weighted by atomic mass is 10.0. The van der Waals surface area contributed by atoms with Gasteiger partial charge in [-0.25, -0.2) is 0 Å². The van der Waals surface area contributed by atoms with Crippen molar-refractivity contribution in [3.8, 4) is 0 Å². The van der Waals surface area contributed by atoms with Crippen LogP contribution in [-0.2, 0) is 17.9 Å². The fraction of sp³-hybridized carbons (Fsp3) is 0.273. The minimum Gasteiger partial charge on any atom is -0.339 e. The van der Waals surface area contributed by atoms with Crippen molar-refractivity contribution in [2.45, 2.75) is 13.1 Å². The summed E-state index contributed by atoms with van der Waals surface area (Å²) in [6.45, 7) is 4.10. The van der Waals surface area contributed by atoms with E-state index in [-0.39, 0.29) is 18.0 Å². The van der Waals surface area contributed by atoms with Gasteiger partial charge >= 0.3 is 0 Å². The first kappa shape index (κ1) is 17.5. The zero-order valence-electron chi connectivity index (χ0n) is 15.3. The largest absolute Gasteiger partial charge is 0.339 e. The third kappa shape index (κ3) is 3.93. The van der Waals surface area contributed by atoms with E-state index in [0.717, 1.165) is 19.6 Å². The maximum atomic E-state index is 12.5. The quantitative estimate of drug-likeness (QED) is 0.717. The van der Waals surface area contributed by atoms with Crippen molar-refractivity contribution in [1.29, 1.82) is 0 Å². The number of rotatable bonds is 4. The molecule has 1 aliphatic heterocycles. The summed E-state index contributed by atoms with van der Waals surface area (Å²) in [5.74, 6) is 0.00751. The Labute approximate surface area is 158 Å². The van der Waals surface area contributed by atoms with Gasteiger partial charge in [-0.3, -0.25) is 14.5 Å². The van der Waals surface area contributed by atoms with Crippen LogP contribution in [0.5, 0.6) is 0 Å². The summed E-state index contributed by atoms with van der Waals surface area (Å²) < 4.78 is 1.46. The first-order chi connectivity index (χ1) is 13.2. The van der Waals surface area contributed by atoms with Crippen molar-refractivity contribution in [2.75, 3.05) is 26.2 Å². The van der Waals surface area contributed by atoms with Gasteiger partial charge in [-0.2, -0.15) is 0 Å². The second-order valence-electron chi connectivity index (χ2n) is 6.96. The molecule has 3 aromatic rings. The van der Waals surface area contributed by atoms with E-state index in [9.17, 15) is 9.59 Å². The number of amides is 1. The minimum absolute atomic E-state index is 0.00751. The highest BCUT2D eigenvalue weighted by atomic mass is 16.2. The second-order valence-corrected chi connectivity index (χ2v) is 6.96. The SMILES string of the molecule is O=C(Cn1ccccc1=O)N1CCN(Cc2cccc3ccccc23)CC1. The van der Waals surface area contributed by atoms with Gasteiger partial charge in [0.15, 0.2) is 0 Å². The third-order valence-corrected chi connectivity index (χ3v) is 5.20. The molecular weight excluding hydrogens is 338 g/mol. The Hall–Kier alpha value is -2.92. The Morgan fingerprint density at radius 1 is 0.852 bits per heavy atom. The molecule has 0 aliphatic carbocycles. The number of hydrogen-bond donors (Lipinski definition) is 0. The van der Waals surface area contributed by atoms with Crippen LogP contribution in [0.3, 0.4) is 0 Å². The normalized spacial score (nSPS) is 15.2. The van der Waals surface area contributed by atoms with Crippen LogP contribution >= 0.6 is 0 Å². The Morgan fingerprint density at radius 2 is 1.59 bits per heavy atom. The number of carbonyl (C=O) groups excluding carboxylic acids is 1. The monoisotopic (exact) mass is 361 g/mol. The van der Waals surface area contributed by atoms with Crippen LogP contribution in [0.15, 0.2) is 71.7 Å². The molecule has 1 aliphatic rings. The molecule has 0 spiro atoms. The van der Waals surface area contributed by atoms with E-state index in [1.54, 1.807) is 18.3 Å². The maximum absolute atomic E-state index is 12.5. The summed E-state index contributed by atoms with van der Waals surface area (Å²) >= 11 is 0. The standard InChI is InChI=1S/C22H23N3O2/c26-21-10-3-4-11-25(21)17-22(27)24-14-12-23(13-15-24)16-19-8-5-7-18-6-1-2-9-20(18)19/h1-11H,12-17H2. The van der Waals surface area contributed by atoms with Crippen molar-refractivity contribution >= 4 is 16.7 Å². The molecule has 1 aromatic heterocycles. The van der Waals surface area contributed by atoms with Gasteiger partial charge in [-0.05, 0) is 22.4 Å². The molecule has 0 saturated carbocycles. The van der Waals surface area contributed by atoms with E-state index >= 15 is 0 Å². The van der Waals surface area contributed by atoms with Crippen LogP contribution in [-0.4, -0.2) is 46.5 Å². The molecule has 1 saturated heterocycles. The predicted octanol–water partition coefficient (Wildman–Crippen LogP) is 2.35. The van der Waals surface area contributed by atoms with Crippen LogP contribution in [0.25, 0.3) is 10.8 Å². The molecule has 1 amide bonds. The molecule has 4 rings (SSSR count). The zero-order valence-corrected chi connectivity index (χ0v) is 15.3. The van der Waals surface area contributed by atoms with Gasteiger partial charge in [0.1, 0.15) is 6.54 Å². The van der Waals surface area contributed by atoms with Crippen LogP contribution in [0.1, 0.15) is 5.56 Å². The molecule has 0 N–H and O–H groups in total. The van der Waals surface area contributed by atoms with Crippen LogP contribution in [0, 0.1) is 0 Å². The van der Waals surface area contributed by atoms with Gasteiger partial charge in [0.2, 0.25) is 5.91 Å². The smallest absolute Gasteiger partial charge is 0.250 e. The number of nitrogens with zero attached hydrogens (tertiary/aromatic N) is 3. The summed E-state index contributed by atoms with van der Waals surface area (Å²) in [6.07, 6.45) is 1.66. The van der Waals surface area contributed by atoms with E-state index < -0.39 is 0 Å². The van der Waals surface area contributed by atoms with Gasteiger partial charge in [0.05, 0.1) is 0 Å². The number of fused-ring (bicyclic) bond motifs is 1. The number of aromatic nitrogens is 1. The Bertz CT molecular complexity index is 998. The van der Waals surface area contributed by atoms with Crippen LogP contribution < -0.4 is 5.56 Å². The van der Waals surface area contributed by atoms with Crippen LogP contribution in [0.4, 0.5) is 0 Å². The molecule has 138 valence electrons. The summed E-state index contributed by atoms with van der Waals surface area (Å²) in [7, 11) is 0. The lowest BCUT2D eigenvalue weighted by Crippen LogP contribution is -2.49. The summed E-state index contributed by atoms with van der Waals surface area (Å²) in [6, 6.07) is 19.8. The van der Waals surface area contributed by atoms with Gasteiger partial charge in [-0.1, -0.05) is 48.5 Å². The Kier molecular flexibility index (Phi) is 5.03. The molecule has 2 heterocycles. The number of pyridine rings is 1. The molecule has 1 fully saturated rings. The zero-order chi connectivity index (χ0) is 18.6. The second kappa shape index (κ2) is 7.76. The number of piperazine rings is 1. The summed E-state index contributed by atoms with van der Waals surface area (Å²) in [4.78, 5) is 28.5. The Morgan fingerprint density at radius 3 is 2.41 bits per heavy atom. The highest BCUT2D eigenvalue weighted by Crippen LogP contribution is 2.20. The van der Waals surface area contributed by atoms with Gasteiger partial charge < -0.3 is 9.47 Å². The van der Waals surface area contributed by atoms with Crippen molar-refractivity contribution < 1.29 is 4.79 Å². The number of benzene rings is 2. The molecule has 27 heavy (non-hydrogen) atoms. The van der Waals surface area contributed by atoms with Gasteiger partial charge in [0, 0.05) is 45.0 Å². The Balaban J connectivity index is 1.37. The lowest BCUT2D eigenvalue weighted by Gasteiger charge is -2.35. The fourth-order valence-electron chi connectivity index (χ4n) is 3.66. The van der Waals surface area contributed by atoms with E-state index in [1.807, 2.05) is 4.90 Å². The highest BCUT2D eigenvalue weighted by Gasteiger charge is 2.21. The molecule has 0 radical (unpaired) electrons. The van der Waals surface area contributed by atoms with E-state index in [4.69, 9.17) is 0 Å². The topological polar surface area (TPSA) is 45.6 Å². The van der Waals surface area contributed by atoms with Crippen molar-refractivity contribution in [2.24, 2.45) is 0 Å². The minimum atomic E-state index is -0.138. The molecular formula is C22H23N3O2. The third-order valence-electron chi connectivity index (χ3n) is 5.20.